The largest absolute Gasteiger partial charge is 0.387 e. The number of aliphatic hydroxyl groups is 2. The summed E-state index contributed by atoms with van der Waals surface area (Å²) in [6.07, 6.45) is -4.15. The molecule has 4 heterocycles. The van der Waals surface area contributed by atoms with Crippen molar-refractivity contribution in [3.05, 3.63) is 20.8 Å². The van der Waals surface area contributed by atoms with E-state index in [4.69, 9.17) is 4.74 Å². The first-order valence-corrected chi connectivity index (χ1v) is 5.67. The van der Waals surface area contributed by atoms with E-state index in [2.05, 4.69) is 15.3 Å². The summed E-state index contributed by atoms with van der Waals surface area (Å²) in [5.41, 5.74) is -1.19. The van der Waals surface area contributed by atoms with Gasteiger partial charge in [-0.3, -0.25) is 9.78 Å². The van der Waals surface area contributed by atoms with Crippen molar-refractivity contribution in [3.63, 3.8) is 0 Å². The fourth-order valence-corrected chi connectivity index (χ4v) is 2.63. The maximum Gasteiger partial charge on any atom is 0.332 e. The lowest BCUT2D eigenvalue weighted by Gasteiger charge is -2.18. The molecule has 2 aromatic rings. The van der Waals surface area contributed by atoms with Gasteiger partial charge in [0.05, 0.1) is 6.54 Å². The predicted octanol–water partition coefficient (Wildman–Crippen LogP) is -3.09. The van der Waals surface area contributed by atoms with Gasteiger partial charge in [0.15, 0.2) is 17.4 Å². The normalized spacial score (nSPS) is 32.7. The summed E-state index contributed by atoms with van der Waals surface area (Å²) < 4.78 is 7.84. The van der Waals surface area contributed by atoms with Gasteiger partial charge in [0.25, 0.3) is 5.56 Å². The zero-order chi connectivity index (χ0) is 13.3. The van der Waals surface area contributed by atoms with Crippen molar-refractivity contribution >= 4 is 11.2 Å². The highest BCUT2D eigenvalue weighted by Gasteiger charge is 2.47. The Labute approximate surface area is 103 Å². The van der Waals surface area contributed by atoms with E-state index in [1.807, 2.05) is 0 Å². The van der Waals surface area contributed by atoms with Crippen molar-refractivity contribution in [1.29, 1.82) is 0 Å². The van der Waals surface area contributed by atoms with Gasteiger partial charge in [-0.1, -0.05) is 5.21 Å². The molecule has 2 aliphatic rings. The summed E-state index contributed by atoms with van der Waals surface area (Å²) in [4.78, 5) is 25.6. The van der Waals surface area contributed by atoms with Gasteiger partial charge in [-0.05, 0) is 0 Å². The molecule has 100 valence electrons. The van der Waals surface area contributed by atoms with Crippen LogP contribution in [0.4, 0.5) is 0 Å². The Bertz CT molecular complexity index is 790. The summed E-state index contributed by atoms with van der Waals surface area (Å²) in [5, 5.41) is 27.2. The Morgan fingerprint density at radius 3 is 2.89 bits per heavy atom. The highest BCUT2D eigenvalue weighted by Crippen LogP contribution is 2.33. The SMILES string of the molecule is O=c1[nH]c(=O)n2c3c1nnn3C[C@@H]1O[C@@H]2[C@@H](O)[C@@H]1O. The summed E-state index contributed by atoms with van der Waals surface area (Å²) >= 11 is 0. The summed E-state index contributed by atoms with van der Waals surface area (Å²) in [5.74, 6) is 0. The molecule has 1 fully saturated rings. The van der Waals surface area contributed by atoms with Crippen molar-refractivity contribution in [3.8, 4) is 0 Å². The van der Waals surface area contributed by atoms with E-state index in [0.717, 1.165) is 4.57 Å². The average Bonchev–Trinajstić information content (AvgIpc) is 2.82. The number of fused-ring (bicyclic) bond motifs is 3. The maximum atomic E-state index is 11.9. The minimum absolute atomic E-state index is 0.00237. The highest BCUT2D eigenvalue weighted by molar-refractivity contribution is 5.68. The number of aromatic amines is 1. The Hall–Kier alpha value is -2.04. The zero-order valence-electron chi connectivity index (χ0n) is 9.42. The molecule has 0 radical (unpaired) electrons. The van der Waals surface area contributed by atoms with Gasteiger partial charge in [0.2, 0.25) is 0 Å². The van der Waals surface area contributed by atoms with E-state index in [9.17, 15) is 19.8 Å². The molecule has 4 rings (SSSR count). The number of hydrogen-bond donors (Lipinski definition) is 3. The predicted molar refractivity (Wildman–Crippen MR) is 58.3 cm³/mol. The molecule has 0 amide bonds. The number of nitrogens with zero attached hydrogens (tertiary/aromatic N) is 4. The quantitative estimate of drug-likeness (QED) is 0.460. The van der Waals surface area contributed by atoms with Crippen molar-refractivity contribution in [2.45, 2.75) is 31.1 Å². The lowest BCUT2D eigenvalue weighted by atomic mass is 10.1. The molecule has 1 saturated heterocycles. The van der Waals surface area contributed by atoms with E-state index >= 15 is 0 Å². The number of H-pyrrole nitrogens is 1. The van der Waals surface area contributed by atoms with Crippen LogP contribution in [0.5, 0.6) is 0 Å². The molecule has 2 aromatic heterocycles. The van der Waals surface area contributed by atoms with Crippen LogP contribution in [0.15, 0.2) is 9.59 Å². The lowest BCUT2D eigenvalue weighted by molar-refractivity contribution is -0.0358. The number of ether oxygens (including phenoxy) is 1. The Morgan fingerprint density at radius 1 is 1.32 bits per heavy atom. The fraction of sp³-hybridized carbons (Fsp3) is 0.556. The van der Waals surface area contributed by atoms with E-state index < -0.39 is 35.8 Å². The summed E-state index contributed by atoms with van der Waals surface area (Å²) in [6, 6.07) is 0. The Kier molecular flexibility index (Phi) is 1.88. The first kappa shape index (κ1) is 10.8. The van der Waals surface area contributed by atoms with Crippen molar-refractivity contribution in [2.75, 3.05) is 0 Å². The second-order valence-electron chi connectivity index (χ2n) is 4.62. The third-order valence-electron chi connectivity index (χ3n) is 3.54. The fourth-order valence-electron chi connectivity index (χ4n) is 2.63. The number of aromatic nitrogens is 5. The van der Waals surface area contributed by atoms with Crippen LogP contribution in [0.25, 0.3) is 11.2 Å². The molecule has 10 heteroatoms. The minimum atomic E-state index is -1.25. The molecule has 4 atom stereocenters. The van der Waals surface area contributed by atoms with Crippen LogP contribution >= 0.6 is 0 Å². The molecule has 10 nitrogen and oxygen atoms in total. The average molecular weight is 267 g/mol. The molecule has 2 bridgehead atoms. The third-order valence-corrected chi connectivity index (χ3v) is 3.54. The van der Waals surface area contributed by atoms with Gasteiger partial charge >= 0.3 is 5.69 Å². The molecule has 3 N–H and O–H groups in total. The minimum Gasteiger partial charge on any atom is -0.387 e. The smallest absolute Gasteiger partial charge is 0.332 e. The van der Waals surface area contributed by atoms with Crippen LogP contribution in [0.1, 0.15) is 6.23 Å². The van der Waals surface area contributed by atoms with Crippen molar-refractivity contribution < 1.29 is 14.9 Å². The van der Waals surface area contributed by atoms with Gasteiger partial charge in [-0.25, -0.2) is 14.0 Å². The standard InChI is InChI=1S/C9H9N5O5/c15-4-2-1-13-7-3(11-12-13)6(17)10-9(18)14(7)8(19-2)5(4)16/h2,4-5,8,15-16H,1H2,(H,10,17,18)/t2-,4+,5-,8+/m0/s1. The zero-order valence-corrected chi connectivity index (χ0v) is 9.42. The molecular weight excluding hydrogens is 258 g/mol. The first-order chi connectivity index (χ1) is 9.08. The van der Waals surface area contributed by atoms with Gasteiger partial charge in [-0.2, -0.15) is 0 Å². The Balaban J connectivity index is 2.14. The monoisotopic (exact) mass is 267 g/mol. The Morgan fingerprint density at radius 2 is 2.11 bits per heavy atom. The van der Waals surface area contributed by atoms with Gasteiger partial charge in [0, 0.05) is 0 Å². The molecule has 2 aliphatic heterocycles. The first-order valence-electron chi connectivity index (χ1n) is 5.67. The van der Waals surface area contributed by atoms with Gasteiger partial charge < -0.3 is 14.9 Å². The van der Waals surface area contributed by atoms with Gasteiger partial charge in [-0.15, -0.1) is 5.10 Å². The second-order valence-corrected chi connectivity index (χ2v) is 4.62. The lowest BCUT2D eigenvalue weighted by Crippen LogP contribution is -2.40. The molecule has 19 heavy (non-hydrogen) atoms. The second kappa shape index (κ2) is 3.29. The van der Waals surface area contributed by atoms with Crippen LogP contribution in [-0.4, -0.2) is 53.1 Å². The van der Waals surface area contributed by atoms with Crippen LogP contribution in [-0.2, 0) is 11.3 Å². The molecular formula is C9H9N5O5. The number of nitrogens with one attached hydrogen (secondary N) is 1. The molecule has 0 unspecified atom stereocenters. The number of aliphatic hydroxyl groups excluding tert-OH is 2. The van der Waals surface area contributed by atoms with E-state index in [-0.39, 0.29) is 17.7 Å². The van der Waals surface area contributed by atoms with Crippen LogP contribution < -0.4 is 11.2 Å². The van der Waals surface area contributed by atoms with E-state index in [1.54, 1.807) is 0 Å². The highest BCUT2D eigenvalue weighted by atomic mass is 16.6. The maximum absolute atomic E-state index is 11.9. The van der Waals surface area contributed by atoms with Gasteiger partial charge in [0.1, 0.15) is 18.3 Å². The topological polar surface area (TPSA) is 135 Å². The summed E-state index contributed by atoms with van der Waals surface area (Å²) in [7, 11) is 0. The number of hydrogen-bond acceptors (Lipinski definition) is 7. The molecule has 0 aromatic carbocycles. The molecule has 0 saturated carbocycles. The van der Waals surface area contributed by atoms with E-state index in [0.29, 0.717) is 0 Å². The van der Waals surface area contributed by atoms with E-state index in [1.165, 1.54) is 4.68 Å². The van der Waals surface area contributed by atoms with Crippen LogP contribution in [0.3, 0.4) is 0 Å². The summed E-state index contributed by atoms with van der Waals surface area (Å²) in [6.45, 7) is 0.105. The third kappa shape index (κ3) is 1.20. The molecule has 0 aliphatic carbocycles. The van der Waals surface area contributed by atoms with Crippen molar-refractivity contribution in [1.82, 2.24) is 24.5 Å². The number of rotatable bonds is 0. The van der Waals surface area contributed by atoms with Crippen LogP contribution in [0, 0.1) is 0 Å². The van der Waals surface area contributed by atoms with Crippen molar-refractivity contribution in [2.24, 2.45) is 0 Å². The molecule has 0 spiro atoms. The van der Waals surface area contributed by atoms with Crippen LogP contribution in [0.2, 0.25) is 0 Å².